The lowest BCUT2D eigenvalue weighted by Gasteiger charge is -2.14. The Morgan fingerprint density at radius 2 is 2.26 bits per heavy atom. The van der Waals surface area contributed by atoms with Crippen molar-refractivity contribution >= 4 is 22.9 Å². The van der Waals surface area contributed by atoms with Gasteiger partial charge in [0.25, 0.3) is 0 Å². The van der Waals surface area contributed by atoms with Crippen LogP contribution in [-0.2, 0) is 13.2 Å². The van der Waals surface area contributed by atoms with Crippen LogP contribution >= 0.6 is 22.9 Å². The van der Waals surface area contributed by atoms with Crippen LogP contribution in [0.2, 0.25) is 5.02 Å². The van der Waals surface area contributed by atoms with Crippen LogP contribution in [0.3, 0.4) is 0 Å². The average molecular weight is 297 g/mol. The van der Waals surface area contributed by atoms with Gasteiger partial charge in [-0.15, -0.1) is 11.3 Å². The van der Waals surface area contributed by atoms with Crippen LogP contribution in [-0.4, -0.2) is 11.0 Å². The van der Waals surface area contributed by atoms with Gasteiger partial charge >= 0.3 is 0 Å². The second-order valence-electron chi connectivity index (χ2n) is 4.47. The second kappa shape index (κ2) is 6.89. The number of aromatic nitrogens is 1. The summed E-state index contributed by atoms with van der Waals surface area (Å²) < 4.78 is 5.82. The summed E-state index contributed by atoms with van der Waals surface area (Å²) in [4.78, 5) is 4.20. The summed E-state index contributed by atoms with van der Waals surface area (Å²) >= 11 is 7.83. The van der Waals surface area contributed by atoms with Crippen molar-refractivity contribution in [2.24, 2.45) is 0 Å². The minimum absolute atomic E-state index is 0.406. The zero-order chi connectivity index (χ0) is 13.7. The standard InChI is InChI=1S/C14H17ClN2OS/c1-10(2)17-8-11-12(15)4-3-5-13(11)18-9-14-16-6-7-19-14/h3-7,10,17H,8-9H2,1-2H3. The Bertz CT molecular complexity index is 514. The Morgan fingerprint density at radius 3 is 2.95 bits per heavy atom. The van der Waals surface area contributed by atoms with Crippen molar-refractivity contribution in [1.82, 2.24) is 10.3 Å². The second-order valence-corrected chi connectivity index (χ2v) is 5.85. The molecule has 0 aliphatic rings. The predicted molar refractivity (Wildman–Crippen MR) is 79.9 cm³/mol. The Labute approximate surface area is 122 Å². The maximum Gasteiger partial charge on any atom is 0.140 e. The molecule has 0 bridgehead atoms. The highest BCUT2D eigenvalue weighted by molar-refractivity contribution is 7.09. The molecule has 0 fully saturated rings. The van der Waals surface area contributed by atoms with E-state index in [0.717, 1.165) is 21.3 Å². The summed E-state index contributed by atoms with van der Waals surface area (Å²) in [6.45, 7) is 5.39. The summed E-state index contributed by atoms with van der Waals surface area (Å²) in [5.41, 5.74) is 0.995. The van der Waals surface area contributed by atoms with E-state index in [1.807, 2.05) is 23.6 Å². The van der Waals surface area contributed by atoms with Gasteiger partial charge in [0, 0.05) is 34.7 Å². The number of hydrogen-bond donors (Lipinski definition) is 1. The van der Waals surface area contributed by atoms with E-state index in [0.29, 0.717) is 19.2 Å². The van der Waals surface area contributed by atoms with Crippen molar-refractivity contribution in [2.75, 3.05) is 0 Å². The molecule has 0 spiro atoms. The van der Waals surface area contributed by atoms with E-state index in [-0.39, 0.29) is 0 Å². The topological polar surface area (TPSA) is 34.1 Å². The molecule has 0 atom stereocenters. The molecule has 5 heteroatoms. The van der Waals surface area contributed by atoms with E-state index < -0.39 is 0 Å². The highest BCUT2D eigenvalue weighted by atomic mass is 35.5. The first-order valence-electron chi connectivity index (χ1n) is 6.18. The maximum atomic E-state index is 6.24. The quantitative estimate of drug-likeness (QED) is 0.878. The predicted octanol–water partition coefficient (Wildman–Crippen LogP) is 3.87. The van der Waals surface area contributed by atoms with Crippen molar-refractivity contribution in [3.05, 3.63) is 45.4 Å². The number of thiazole rings is 1. The van der Waals surface area contributed by atoms with Gasteiger partial charge in [-0.1, -0.05) is 31.5 Å². The normalized spacial score (nSPS) is 10.9. The van der Waals surface area contributed by atoms with Crippen molar-refractivity contribution in [3.63, 3.8) is 0 Å². The molecule has 0 saturated carbocycles. The molecule has 0 radical (unpaired) electrons. The van der Waals surface area contributed by atoms with Crippen LogP contribution in [0.4, 0.5) is 0 Å². The molecule has 0 aliphatic heterocycles. The SMILES string of the molecule is CC(C)NCc1c(Cl)cccc1OCc1nccs1. The van der Waals surface area contributed by atoms with E-state index in [2.05, 4.69) is 24.1 Å². The number of nitrogens with one attached hydrogen (secondary N) is 1. The number of hydrogen-bond acceptors (Lipinski definition) is 4. The summed E-state index contributed by atoms with van der Waals surface area (Å²) in [5.74, 6) is 0.816. The third kappa shape index (κ3) is 4.20. The van der Waals surface area contributed by atoms with Crippen molar-refractivity contribution in [1.29, 1.82) is 0 Å². The fourth-order valence-electron chi connectivity index (χ4n) is 1.62. The molecule has 0 aliphatic carbocycles. The van der Waals surface area contributed by atoms with Crippen LogP contribution < -0.4 is 10.1 Å². The van der Waals surface area contributed by atoms with Crippen molar-refractivity contribution in [2.45, 2.75) is 33.0 Å². The molecule has 2 rings (SSSR count). The number of nitrogens with zero attached hydrogens (tertiary/aromatic N) is 1. The Hall–Kier alpha value is -1.10. The van der Waals surface area contributed by atoms with Gasteiger partial charge < -0.3 is 10.1 Å². The Kier molecular flexibility index (Phi) is 5.19. The fraction of sp³-hybridized carbons (Fsp3) is 0.357. The minimum Gasteiger partial charge on any atom is -0.486 e. The zero-order valence-electron chi connectivity index (χ0n) is 11.0. The summed E-state index contributed by atoms with van der Waals surface area (Å²) in [6, 6.07) is 6.13. The van der Waals surface area contributed by atoms with E-state index in [4.69, 9.17) is 16.3 Å². The van der Waals surface area contributed by atoms with Crippen molar-refractivity contribution in [3.8, 4) is 5.75 Å². The molecule has 1 aromatic carbocycles. The molecule has 3 nitrogen and oxygen atoms in total. The molecule has 0 unspecified atom stereocenters. The highest BCUT2D eigenvalue weighted by Crippen LogP contribution is 2.27. The molecule has 0 amide bonds. The van der Waals surface area contributed by atoms with Crippen LogP contribution in [0.25, 0.3) is 0 Å². The Balaban J connectivity index is 2.08. The average Bonchev–Trinajstić information content (AvgIpc) is 2.88. The lowest BCUT2D eigenvalue weighted by Crippen LogP contribution is -2.22. The van der Waals surface area contributed by atoms with Crippen LogP contribution in [0.15, 0.2) is 29.8 Å². The molecule has 1 heterocycles. The lowest BCUT2D eigenvalue weighted by atomic mass is 10.2. The van der Waals surface area contributed by atoms with Gasteiger partial charge in [0.05, 0.1) is 0 Å². The summed E-state index contributed by atoms with van der Waals surface area (Å²) in [7, 11) is 0. The molecule has 1 N–H and O–H groups in total. The summed E-state index contributed by atoms with van der Waals surface area (Å²) in [6.07, 6.45) is 1.78. The first-order chi connectivity index (χ1) is 9.16. The van der Waals surface area contributed by atoms with Crippen LogP contribution in [0.1, 0.15) is 24.4 Å². The zero-order valence-corrected chi connectivity index (χ0v) is 12.6. The van der Waals surface area contributed by atoms with Gasteiger partial charge in [-0.2, -0.15) is 0 Å². The number of ether oxygens (including phenoxy) is 1. The van der Waals surface area contributed by atoms with Crippen molar-refractivity contribution < 1.29 is 4.74 Å². The third-order valence-electron chi connectivity index (χ3n) is 2.60. The lowest BCUT2D eigenvalue weighted by molar-refractivity contribution is 0.301. The molecule has 102 valence electrons. The first-order valence-corrected chi connectivity index (χ1v) is 7.44. The Morgan fingerprint density at radius 1 is 1.42 bits per heavy atom. The number of halogens is 1. The highest BCUT2D eigenvalue weighted by Gasteiger charge is 2.09. The molecule has 2 aromatic rings. The fourth-order valence-corrected chi connectivity index (χ4v) is 2.38. The molecule has 19 heavy (non-hydrogen) atoms. The van der Waals surface area contributed by atoms with E-state index in [1.165, 1.54) is 0 Å². The molecular weight excluding hydrogens is 280 g/mol. The molecule has 0 saturated heterocycles. The van der Waals surface area contributed by atoms with E-state index >= 15 is 0 Å². The maximum absolute atomic E-state index is 6.24. The van der Waals surface area contributed by atoms with Gasteiger partial charge in [-0.3, -0.25) is 0 Å². The summed E-state index contributed by atoms with van der Waals surface area (Å²) in [5, 5.41) is 6.99. The van der Waals surface area contributed by atoms with Gasteiger partial charge in [0.1, 0.15) is 17.4 Å². The van der Waals surface area contributed by atoms with Crippen LogP contribution in [0.5, 0.6) is 5.75 Å². The smallest absolute Gasteiger partial charge is 0.140 e. The van der Waals surface area contributed by atoms with E-state index in [9.17, 15) is 0 Å². The van der Waals surface area contributed by atoms with Gasteiger partial charge in [-0.05, 0) is 12.1 Å². The van der Waals surface area contributed by atoms with Crippen LogP contribution in [0, 0.1) is 0 Å². The minimum atomic E-state index is 0.406. The third-order valence-corrected chi connectivity index (χ3v) is 3.70. The van der Waals surface area contributed by atoms with E-state index in [1.54, 1.807) is 17.5 Å². The van der Waals surface area contributed by atoms with Gasteiger partial charge in [0.15, 0.2) is 0 Å². The number of benzene rings is 1. The largest absolute Gasteiger partial charge is 0.486 e. The monoisotopic (exact) mass is 296 g/mol. The molecular formula is C14H17ClN2OS. The number of rotatable bonds is 6. The first kappa shape index (κ1) is 14.3. The van der Waals surface area contributed by atoms with Gasteiger partial charge in [0.2, 0.25) is 0 Å². The molecule has 1 aromatic heterocycles. The van der Waals surface area contributed by atoms with Gasteiger partial charge in [-0.25, -0.2) is 4.98 Å².